The van der Waals surface area contributed by atoms with Gasteiger partial charge in [-0.05, 0) is 29.8 Å². The number of carbonyl (C=O) groups excluding carboxylic acids is 1. The molecular weight excluding hydrogens is 333 g/mol. The van der Waals surface area contributed by atoms with Crippen molar-refractivity contribution in [2.45, 2.75) is 30.0 Å². The van der Waals surface area contributed by atoms with Gasteiger partial charge < -0.3 is 10.5 Å². The Kier molecular flexibility index (Phi) is 5.36. The fourth-order valence-electron chi connectivity index (χ4n) is 2.26. The number of rotatable bonds is 5. The number of hydrogen-bond acceptors (Lipinski definition) is 5. The summed E-state index contributed by atoms with van der Waals surface area (Å²) in [5.41, 5.74) is 6.33. The number of benzene rings is 2. The minimum atomic E-state index is -3.76. The first-order valence-electron chi connectivity index (χ1n) is 7.26. The van der Waals surface area contributed by atoms with Crippen LogP contribution in [0, 0.1) is 5.82 Å². The molecule has 0 amide bonds. The minimum absolute atomic E-state index is 0.112. The summed E-state index contributed by atoms with van der Waals surface area (Å²) in [6.45, 7) is 2.77. The Morgan fingerprint density at radius 3 is 2.33 bits per heavy atom. The highest BCUT2D eigenvalue weighted by Crippen LogP contribution is 2.28. The molecule has 2 rings (SSSR count). The lowest BCUT2D eigenvalue weighted by molar-refractivity contribution is -0.132. The van der Waals surface area contributed by atoms with Gasteiger partial charge in [0.2, 0.25) is 0 Å². The Morgan fingerprint density at radius 1 is 1.17 bits per heavy atom. The van der Waals surface area contributed by atoms with Crippen molar-refractivity contribution in [3.05, 3.63) is 59.9 Å². The zero-order chi connectivity index (χ0) is 17.9. The average Bonchev–Trinajstić information content (AvgIpc) is 2.55. The lowest BCUT2D eigenvalue weighted by atomic mass is 10.0. The van der Waals surface area contributed by atoms with Crippen molar-refractivity contribution in [3.8, 4) is 5.75 Å². The summed E-state index contributed by atoms with van der Waals surface area (Å²) in [7, 11) is -3.76. The van der Waals surface area contributed by atoms with Crippen molar-refractivity contribution in [1.29, 1.82) is 0 Å². The molecule has 0 saturated heterocycles. The third kappa shape index (κ3) is 3.80. The maximum absolute atomic E-state index is 14.0. The van der Waals surface area contributed by atoms with E-state index < -0.39 is 32.9 Å². The van der Waals surface area contributed by atoms with E-state index in [1.807, 2.05) is 0 Å². The van der Waals surface area contributed by atoms with Gasteiger partial charge in [0.15, 0.2) is 21.4 Å². The first-order chi connectivity index (χ1) is 11.2. The second-order valence-electron chi connectivity index (χ2n) is 5.39. The Labute approximate surface area is 140 Å². The zero-order valence-corrected chi connectivity index (χ0v) is 14.1. The van der Waals surface area contributed by atoms with Crippen molar-refractivity contribution in [2.75, 3.05) is 0 Å². The fraction of sp³-hybridized carbons (Fsp3) is 0.235. The minimum Gasteiger partial charge on any atom is -0.424 e. The average molecular weight is 351 g/mol. The molecule has 0 saturated carbocycles. The van der Waals surface area contributed by atoms with Gasteiger partial charge in [-0.25, -0.2) is 12.8 Å². The smallest absolute Gasteiger partial charge is 0.308 e. The molecule has 24 heavy (non-hydrogen) atoms. The number of nitrogens with two attached hydrogens (primary N) is 1. The van der Waals surface area contributed by atoms with Crippen LogP contribution in [-0.4, -0.2) is 19.8 Å². The van der Waals surface area contributed by atoms with Crippen molar-refractivity contribution < 1.29 is 22.3 Å². The van der Waals surface area contributed by atoms with E-state index in [2.05, 4.69) is 0 Å². The van der Waals surface area contributed by atoms with Gasteiger partial charge in [0, 0.05) is 12.8 Å². The van der Waals surface area contributed by atoms with Crippen LogP contribution in [0.25, 0.3) is 0 Å². The van der Waals surface area contributed by atoms with Gasteiger partial charge in [-0.15, -0.1) is 0 Å². The van der Waals surface area contributed by atoms with Gasteiger partial charge >= 0.3 is 5.97 Å². The molecule has 2 N–H and O–H groups in total. The molecule has 5 nitrogen and oxygen atoms in total. The zero-order valence-electron chi connectivity index (χ0n) is 13.3. The lowest BCUT2D eigenvalue weighted by Gasteiger charge is -2.21. The van der Waals surface area contributed by atoms with Crippen LogP contribution < -0.4 is 10.5 Å². The third-order valence-electron chi connectivity index (χ3n) is 3.66. The molecule has 0 radical (unpaired) electrons. The van der Waals surface area contributed by atoms with Crippen molar-refractivity contribution in [3.63, 3.8) is 0 Å². The highest BCUT2D eigenvalue weighted by molar-refractivity contribution is 7.92. The van der Waals surface area contributed by atoms with E-state index in [0.29, 0.717) is 5.56 Å². The van der Waals surface area contributed by atoms with Gasteiger partial charge in [0.1, 0.15) is 5.37 Å². The molecule has 0 fully saturated rings. The maximum atomic E-state index is 14.0. The van der Waals surface area contributed by atoms with Gasteiger partial charge in [-0.3, -0.25) is 4.79 Å². The number of ether oxygens (including phenoxy) is 1. The molecule has 128 valence electrons. The van der Waals surface area contributed by atoms with Gasteiger partial charge in [0.25, 0.3) is 0 Å². The molecule has 0 aliphatic heterocycles. The van der Waals surface area contributed by atoms with E-state index in [4.69, 9.17) is 10.5 Å². The van der Waals surface area contributed by atoms with E-state index in [1.165, 1.54) is 31.2 Å². The quantitative estimate of drug-likeness (QED) is 0.661. The summed E-state index contributed by atoms with van der Waals surface area (Å²) in [6, 6.07) is 11.8. The molecule has 2 aromatic rings. The second-order valence-corrected chi connectivity index (χ2v) is 7.50. The Bertz CT molecular complexity index is 837. The fourth-order valence-corrected chi connectivity index (χ4v) is 3.81. The Morgan fingerprint density at radius 2 is 1.79 bits per heavy atom. The number of halogens is 1. The third-order valence-corrected chi connectivity index (χ3v) is 5.71. The molecule has 0 aliphatic carbocycles. The van der Waals surface area contributed by atoms with Gasteiger partial charge in [-0.1, -0.05) is 31.2 Å². The van der Waals surface area contributed by atoms with E-state index in [-0.39, 0.29) is 10.6 Å². The molecule has 0 heterocycles. The Balaban J connectivity index is 2.29. The normalized spacial score (nSPS) is 14.0. The first kappa shape index (κ1) is 18.1. The van der Waals surface area contributed by atoms with Crippen molar-refractivity contribution >= 4 is 15.8 Å². The molecule has 2 aromatic carbocycles. The lowest BCUT2D eigenvalue weighted by Crippen LogP contribution is -2.35. The van der Waals surface area contributed by atoms with E-state index in [1.54, 1.807) is 25.1 Å². The van der Waals surface area contributed by atoms with Crippen LogP contribution >= 0.6 is 0 Å². The van der Waals surface area contributed by atoms with Crippen LogP contribution in [0.1, 0.15) is 25.3 Å². The molecule has 0 aliphatic rings. The van der Waals surface area contributed by atoms with Crippen LogP contribution in [0.4, 0.5) is 4.39 Å². The SMILES string of the molecule is CC(=O)Oc1ccc(C(C)C(N)S(=O)(=O)c2ccccc2)cc1F. The standard InChI is InChI=1S/C17H18FNO4S/c1-11(13-8-9-16(15(18)10-13)23-12(2)20)17(19)24(21,22)14-6-4-3-5-7-14/h3-11,17H,19H2,1-2H3. The predicted molar refractivity (Wildman–Crippen MR) is 87.7 cm³/mol. The summed E-state index contributed by atoms with van der Waals surface area (Å²) >= 11 is 0. The highest BCUT2D eigenvalue weighted by Gasteiger charge is 2.30. The summed E-state index contributed by atoms with van der Waals surface area (Å²) in [6.07, 6.45) is 0. The summed E-state index contributed by atoms with van der Waals surface area (Å²) < 4.78 is 43.8. The maximum Gasteiger partial charge on any atom is 0.308 e. The molecule has 0 spiro atoms. The molecule has 2 unspecified atom stereocenters. The number of hydrogen-bond donors (Lipinski definition) is 1. The Hall–Kier alpha value is -2.25. The summed E-state index contributed by atoms with van der Waals surface area (Å²) in [5, 5.41) is -1.24. The second kappa shape index (κ2) is 7.11. The number of carbonyl (C=O) groups is 1. The highest BCUT2D eigenvalue weighted by atomic mass is 32.2. The van der Waals surface area contributed by atoms with E-state index in [0.717, 1.165) is 6.07 Å². The largest absolute Gasteiger partial charge is 0.424 e. The molecule has 2 atom stereocenters. The monoisotopic (exact) mass is 351 g/mol. The van der Waals surface area contributed by atoms with Crippen LogP contribution in [-0.2, 0) is 14.6 Å². The van der Waals surface area contributed by atoms with Gasteiger partial charge in [-0.2, -0.15) is 0 Å². The van der Waals surface area contributed by atoms with E-state index >= 15 is 0 Å². The van der Waals surface area contributed by atoms with Crippen LogP contribution in [0.3, 0.4) is 0 Å². The topological polar surface area (TPSA) is 86.5 Å². The van der Waals surface area contributed by atoms with Crippen LogP contribution in [0.15, 0.2) is 53.4 Å². The van der Waals surface area contributed by atoms with Crippen molar-refractivity contribution in [1.82, 2.24) is 0 Å². The number of sulfone groups is 1. The van der Waals surface area contributed by atoms with Gasteiger partial charge in [0.05, 0.1) is 4.90 Å². The van der Waals surface area contributed by atoms with Crippen LogP contribution in [0.5, 0.6) is 5.75 Å². The molecule has 7 heteroatoms. The molecule has 0 aromatic heterocycles. The van der Waals surface area contributed by atoms with Crippen molar-refractivity contribution in [2.24, 2.45) is 5.73 Å². The molecule has 0 bridgehead atoms. The predicted octanol–water partition coefficient (Wildman–Crippen LogP) is 2.61. The number of esters is 1. The molecular formula is C17H18FNO4S. The first-order valence-corrected chi connectivity index (χ1v) is 8.80. The summed E-state index contributed by atoms with van der Waals surface area (Å²) in [5.74, 6) is -2.26. The van der Waals surface area contributed by atoms with E-state index in [9.17, 15) is 17.6 Å². The summed E-state index contributed by atoms with van der Waals surface area (Å²) in [4.78, 5) is 11.0. The van der Waals surface area contributed by atoms with Crippen LogP contribution in [0.2, 0.25) is 0 Å².